The highest BCUT2D eigenvalue weighted by atomic mass is 32.2. The number of fused-ring (bicyclic) bond motifs is 1. The fourth-order valence-corrected chi connectivity index (χ4v) is 6.18. The zero-order valence-corrected chi connectivity index (χ0v) is 16.9. The third-order valence-corrected chi connectivity index (χ3v) is 8.26. The summed E-state index contributed by atoms with van der Waals surface area (Å²) in [7, 11) is -3.61. The molecule has 0 saturated carbocycles. The van der Waals surface area contributed by atoms with E-state index in [0.717, 1.165) is 25.0 Å². The number of thiazole rings is 1. The number of carbonyl (C=O) groups is 1. The Morgan fingerprint density at radius 3 is 2.57 bits per heavy atom. The topological polar surface area (TPSA) is 103 Å². The van der Waals surface area contributed by atoms with Crippen molar-refractivity contribution in [2.45, 2.75) is 37.0 Å². The number of aryl methyl sites for hydroxylation is 2. The summed E-state index contributed by atoms with van der Waals surface area (Å²) in [5.41, 5.74) is 1.52. The first-order chi connectivity index (χ1) is 13.5. The molecule has 1 aliphatic carbocycles. The van der Waals surface area contributed by atoms with Gasteiger partial charge in [0.05, 0.1) is 22.2 Å². The van der Waals surface area contributed by atoms with Crippen LogP contribution in [0.5, 0.6) is 0 Å². The molecule has 1 aromatic carbocycles. The highest BCUT2D eigenvalue weighted by Crippen LogP contribution is 2.31. The summed E-state index contributed by atoms with van der Waals surface area (Å²) in [4.78, 5) is 18.5. The number of piperidine rings is 1. The van der Waals surface area contributed by atoms with Crippen molar-refractivity contribution < 1.29 is 13.2 Å². The van der Waals surface area contributed by atoms with Crippen molar-refractivity contribution in [2.24, 2.45) is 5.92 Å². The van der Waals surface area contributed by atoms with E-state index in [9.17, 15) is 13.2 Å². The van der Waals surface area contributed by atoms with E-state index in [2.05, 4.69) is 10.3 Å². The SMILES string of the molecule is N#Cc1ccc(S(=O)(=O)N2CCC(C(=O)Nc3nc4c(s3)CCC4)CC2)cc1. The number of nitriles is 1. The van der Waals surface area contributed by atoms with Crippen LogP contribution in [0.2, 0.25) is 0 Å². The van der Waals surface area contributed by atoms with E-state index in [0.29, 0.717) is 36.6 Å². The maximum absolute atomic E-state index is 12.8. The molecule has 1 aromatic heterocycles. The van der Waals surface area contributed by atoms with Crippen molar-refractivity contribution >= 4 is 32.4 Å². The van der Waals surface area contributed by atoms with Crippen LogP contribution in [-0.2, 0) is 27.7 Å². The molecule has 1 aliphatic heterocycles. The van der Waals surface area contributed by atoms with Gasteiger partial charge in [0.25, 0.3) is 0 Å². The Balaban J connectivity index is 1.36. The molecular weight excluding hydrogens is 396 g/mol. The van der Waals surface area contributed by atoms with Crippen molar-refractivity contribution in [3.8, 4) is 6.07 Å². The van der Waals surface area contributed by atoms with Crippen LogP contribution >= 0.6 is 11.3 Å². The highest BCUT2D eigenvalue weighted by Gasteiger charge is 2.32. The van der Waals surface area contributed by atoms with Crippen LogP contribution < -0.4 is 5.32 Å². The molecule has 0 radical (unpaired) electrons. The number of nitrogens with one attached hydrogen (secondary N) is 1. The summed E-state index contributed by atoms with van der Waals surface area (Å²) in [6.45, 7) is 0.601. The average Bonchev–Trinajstić information content (AvgIpc) is 3.30. The zero-order valence-electron chi connectivity index (χ0n) is 15.2. The van der Waals surface area contributed by atoms with Crippen molar-refractivity contribution in [1.29, 1.82) is 5.26 Å². The van der Waals surface area contributed by atoms with Gasteiger partial charge in [-0.2, -0.15) is 9.57 Å². The lowest BCUT2D eigenvalue weighted by Gasteiger charge is -2.30. The molecule has 2 aromatic rings. The predicted octanol–water partition coefficient (Wildman–Crippen LogP) is 2.54. The van der Waals surface area contributed by atoms with Crippen LogP contribution in [0.1, 0.15) is 35.4 Å². The van der Waals surface area contributed by atoms with Gasteiger partial charge in [0.1, 0.15) is 0 Å². The van der Waals surface area contributed by atoms with E-state index < -0.39 is 10.0 Å². The maximum atomic E-state index is 12.8. The quantitative estimate of drug-likeness (QED) is 0.825. The monoisotopic (exact) mass is 416 g/mol. The number of aromatic nitrogens is 1. The minimum atomic E-state index is -3.61. The zero-order chi connectivity index (χ0) is 19.7. The third kappa shape index (κ3) is 3.68. The van der Waals surface area contributed by atoms with Gasteiger partial charge in [0.15, 0.2) is 5.13 Å². The van der Waals surface area contributed by atoms with Crippen LogP contribution in [0.15, 0.2) is 29.2 Å². The van der Waals surface area contributed by atoms with Crippen LogP contribution in [-0.4, -0.2) is 36.7 Å². The summed E-state index contributed by atoms with van der Waals surface area (Å²) in [5, 5.41) is 12.4. The molecule has 2 aliphatic rings. The predicted molar refractivity (Wildman–Crippen MR) is 105 cm³/mol. The van der Waals surface area contributed by atoms with Crippen LogP contribution in [0.25, 0.3) is 0 Å². The number of carbonyl (C=O) groups excluding carboxylic acids is 1. The minimum absolute atomic E-state index is 0.0807. The van der Waals surface area contributed by atoms with E-state index in [-0.39, 0.29) is 16.7 Å². The van der Waals surface area contributed by atoms with Gasteiger partial charge < -0.3 is 5.32 Å². The van der Waals surface area contributed by atoms with Crippen molar-refractivity contribution in [2.75, 3.05) is 18.4 Å². The van der Waals surface area contributed by atoms with Crippen LogP contribution in [0.3, 0.4) is 0 Å². The Labute approximate surface area is 168 Å². The van der Waals surface area contributed by atoms with Gasteiger partial charge in [-0.3, -0.25) is 4.79 Å². The van der Waals surface area contributed by atoms with Gasteiger partial charge in [-0.25, -0.2) is 13.4 Å². The second-order valence-corrected chi connectivity index (χ2v) is 10.1. The first-order valence-electron chi connectivity index (χ1n) is 9.27. The summed E-state index contributed by atoms with van der Waals surface area (Å²) in [6.07, 6.45) is 4.11. The highest BCUT2D eigenvalue weighted by molar-refractivity contribution is 7.89. The van der Waals surface area contributed by atoms with Crippen LogP contribution in [0.4, 0.5) is 5.13 Å². The van der Waals surface area contributed by atoms with Gasteiger partial charge in [-0.05, 0) is 56.4 Å². The molecule has 0 unspecified atom stereocenters. The van der Waals surface area contributed by atoms with Gasteiger partial charge >= 0.3 is 0 Å². The lowest BCUT2D eigenvalue weighted by atomic mass is 9.97. The molecule has 4 rings (SSSR count). The lowest BCUT2D eigenvalue weighted by Crippen LogP contribution is -2.41. The second kappa shape index (κ2) is 7.62. The number of hydrogen-bond donors (Lipinski definition) is 1. The molecule has 0 bridgehead atoms. The Bertz CT molecular complexity index is 1010. The Kier molecular flexibility index (Phi) is 5.19. The Hall–Kier alpha value is -2.28. The van der Waals surface area contributed by atoms with Gasteiger partial charge in [-0.15, -0.1) is 11.3 Å². The summed E-state index contributed by atoms with van der Waals surface area (Å²) in [5.74, 6) is -0.297. The summed E-state index contributed by atoms with van der Waals surface area (Å²) >= 11 is 1.55. The standard InChI is InChI=1S/C19H20N4O3S2/c20-12-13-4-6-15(7-5-13)28(25,26)23-10-8-14(9-11-23)18(24)22-19-21-16-2-1-3-17(16)27-19/h4-7,14H,1-3,8-11H2,(H,21,22,24). The number of rotatable bonds is 4. The molecule has 2 heterocycles. The Morgan fingerprint density at radius 1 is 1.21 bits per heavy atom. The number of benzene rings is 1. The molecule has 0 atom stereocenters. The molecule has 1 saturated heterocycles. The molecule has 9 heteroatoms. The maximum Gasteiger partial charge on any atom is 0.243 e. The first-order valence-corrected chi connectivity index (χ1v) is 11.5. The van der Waals surface area contributed by atoms with Crippen molar-refractivity contribution in [1.82, 2.24) is 9.29 Å². The minimum Gasteiger partial charge on any atom is -0.302 e. The molecule has 1 fully saturated rings. The second-order valence-electron chi connectivity index (χ2n) is 7.05. The molecule has 1 amide bonds. The molecule has 7 nitrogen and oxygen atoms in total. The van der Waals surface area contributed by atoms with E-state index in [1.807, 2.05) is 6.07 Å². The van der Waals surface area contributed by atoms with Gasteiger partial charge in [0.2, 0.25) is 15.9 Å². The fourth-order valence-electron chi connectivity index (χ4n) is 3.66. The molecule has 0 spiro atoms. The number of amides is 1. The van der Waals surface area contributed by atoms with E-state index in [1.54, 1.807) is 11.3 Å². The molecular formula is C19H20N4O3S2. The summed E-state index contributed by atoms with van der Waals surface area (Å²) < 4.78 is 26.9. The number of nitrogens with zero attached hydrogens (tertiary/aromatic N) is 3. The average molecular weight is 417 g/mol. The number of hydrogen-bond acceptors (Lipinski definition) is 6. The Morgan fingerprint density at radius 2 is 1.93 bits per heavy atom. The fraction of sp³-hybridized carbons (Fsp3) is 0.421. The molecule has 1 N–H and O–H groups in total. The van der Waals surface area contributed by atoms with E-state index in [4.69, 9.17) is 5.26 Å². The van der Waals surface area contributed by atoms with Gasteiger partial charge in [-0.1, -0.05) is 0 Å². The number of anilines is 1. The van der Waals surface area contributed by atoms with Crippen molar-refractivity contribution in [3.63, 3.8) is 0 Å². The largest absolute Gasteiger partial charge is 0.302 e. The summed E-state index contributed by atoms with van der Waals surface area (Å²) in [6, 6.07) is 7.88. The van der Waals surface area contributed by atoms with E-state index >= 15 is 0 Å². The first kappa shape index (κ1) is 19.1. The van der Waals surface area contributed by atoms with Gasteiger partial charge in [0, 0.05) is 23.9 Å². The lowest BCUT2D eigenvalue weighted by molar-refractivity contribution is -0.120. The van der Waals surface area contributed by atoms with Crippen LogP contribution in [0, 0.1) is 17.2 Å². The smallest absolute Gasteiger partial charge is 0.243 e. The van der Waals surface area contributed by atoms with Crippen molar-refractivity contribution in [3.05, 3.63) is 40.4 Å². The molecule has 146 valence electrons. The number of sulfonamides is 1. The molecule has 28 heavy (non-hydrogen) atoms. The van der Waals surface area contributed by atoms with E-state index in [1.165, 1.54) is 33.4 Å². The normalized spacial score (nSPS) is 17.8. The third-order valence-electron chi connectivity index (χ3n) is 5.27.